The lowest BCUT2D eigenvalue weighted by Crippen LogP contribution is -2.30. The molecule has 3 heterocycles. The van der Waals surface area contributed by atoms with Crippen LogP contribution in [0.5, 0.6) is 0 Å². The van der Waals surface area contributed by atoms with E-state index in [1.165, 1.54) is 32.3 Å². The van der Waals surface area contributed by atoms with E-state index in [0.717, 1.165) is 50.8 Å². The van der Waals surface area contributed by atoms with Crippen molar-refractivity contribution in [1.82, 2.24) is 9.97 Å². The van der Waals surface area contributed by atoms with Gasteiger partial charge < -0.3 is 9.80 Å². The van der Waals surface area contributed by atoms with E-state index in [1.54, 1.807) is 0 Å². The van der Waals surface area contributed by atoms with Gasteiger partial charge in [-0.2, -0.15) is 0 Å². The molecule has 0 spiro atoms. The topological polar surface area (TPSA) is 32.3 Å². The van der Waals surface area contributed by atoms with Gasteiger partial charge in [-0.1, -0.05) is 147 Å². The normalized spacial score (nSPS) is 13.7. The molecule has 0 atom stereocenters. The van der Waals surface area contributed by atoms with Gasteiger partial charge in [-0.05, 0) is 71.8 Å². The Balaban J connectivity index is 1.27. The molecule has 0 bridgehead atoms. The Morgan fingerprint density at radius 3 is 1.39 bits per heavy atom. The number of nitrogens with zero attached hydrogens (tertiary/aromatic N) is 4. The van der Waals surface area contributed by atoms with Crippen LogP contribution in [0.25, 0.3) is 33.9 Å². The van der Waals surface area contributed by atoms with Crippen molar-refractivity contribution in [3.8, 4) is 33.9 Å². The van der Waals surface area contributed by atoms with Crippen LogP contribution in [0.3, 0.4) is 0 Å². The smallest absolute Gasteiger partial charge is 0.160 e. The first-order valence-electron chi connectivity index (χ1n) is 18.3. The highest BCUT2D eigenvalue weighted by atomic mass is 32.2. The summed E-state index contributed by atoms with van der Waals surface area (Å²) >= 11 is 1.82. The van der Waals surface area contributed by atoms with Gasteiger partial charge in [0.1, 0.15) is 0 Å². The van der Waals surface area contributed by atoms with Crippen LogP contribution in [0, 0.1) is 0 Å². The molecule has 5 heteroatoms. The Morgan fingerprint density at radius 1 is 0.407 bits per heavy atom. The summed E-state index contributed by atoms with van der Waals surface area (Å²) in [5.74, 6) is 0.694. The van der Waals surface area contributed by atoms with E-state index in [4.69, 9.17) is 9.97 Å². The largest absolute Gasteiger partial charge is 0.310 e. The Bertz CT molecular complexity index is 2540. The maximum atomic E-state index is 5.32. The summed E-state index contributed by atoms with van der Waals surface area (Å²) in [6.45, 7) is 4.67. The molecule has 258 valence electrons. The number of hydrogen-bond acceptors (Lipinski definition) is 5. The Morgan fingerprint density at radius 2 is 0.833 bits per heavy atom. The van der Waals surface area contributed by atoms with Gasteiger partial charge in [0.15, 0.2) is 5.82 Å². The van der Waals surface area contributed by atoms with E-state index in [0.29, 0.717) is 5.82 Å². The summed E-state index contributed by atoms with van der Waals surface area (Å²) in [5, 5.41) is 0. The Labute approximate surface area is 320 Å². The minimum Gasteiger partial charge on any atom is -0.310 e. The molecule has 2 aliphatic heterocycles. The molecule has 0 saturated heterocycles. The standard InChI is InChI=1S/C49H36N4S/c1-49(2)38-21-9-11-23-42(38)52(43-24-12-10-22-39(43)49)36-29-35(30-37(31-36)53-44-25-13-15-27-46(44)54-47-28-16-14-26-45(47)53)41-32-40(33-17-5-3-6-18-33)50-48(51-41)34-19-7-4-8-20-34/h3-32H,1-2H3. The Hall–Kier alpha value is -6.43. The van der Waals surface area contributed by atoms with E-state index in [2.05, 4.69) is 181 Å². The number of rotatable bonds is 5. The molecule has 8 aromatic rings. The van der Waals surface area contributed by atoms with Gasteiger partial charge in [-0.25, -0.2) is 9.97 Å². The van der Waals surface area contributed by atoms with Gasteiger partial charge in [0.05, 0.1) is 34.1 Å². The van der Waals surface area contributed by atoms with Gasteiger partial charge in [-0.3, -0.25) is 0 Å². The highest BCUT2D eigenvalue weighted by Crippen LogP contribution is 2.55. The number of anilines is 6. The summed E-state index contributed by atoms with van der Waals surface area (Å²) < 4.78 is 0. The summed E-state index contributed by atoms with van der Waals surface area (Å²) in [6, 6.07) is 64.9. The number of aromatic nitrogens is 2. The number of fused-ring (bicyclic) bond motifs is 4. The van der Waals surface area contributed by atoms with E-state index < -0.39 is 0 Å². The fourth-order valence-electron chi connectivity index (χ4n) is 8.00. The van der Waals surface area contributed by atoms with E-state index >= 15 is 0 Å². The van der Waals surface area contributed by atoms with Gasteiger partial charge in [0, 0.05) is 43.3 Å². The molecule has 0 radical (unpaired) electrons. The van der Waals surface area contributed by atoms with Crippen LogP contribution in [0.15, 0.2) is 192 Å². The molecular formula is C49H36N4S. The summed E-state index contributed by atoms with van der Waals surface area (Å²) in [6.07, 6.45) is 0. The Kier molecular flexibility index (Phi) is 7.70. The SMILES string of the molecule is CC1(C)c2ccccc2N(c2cc(-c3cc(-c4ccccc4)nc(-c4ccccc4)n3)cc(N3c4ccccc4Sc4ccccc43)c2)c2ccccc21. The maximum Gasteiger partial charge on any atom is 0.160 e. The molecule has 0 fully saturated rings. The van der Waals surface area contributed by atoms with Crippen molar-refractivity contribution in [3.05, 3.63) is 193 Å². The van der Waals surface area contributed by atoms with Gasteiger partial charge in [0.25, 0.3) is 0 Å². The van der Waals surface area contributed by atoms with E-state index in [1.807, 2.05) is 36.0 Å². The van der Waals surface area contributed by atoms with Crippen LogP contribution in [-0.4, -0.2) is 9.97 Å². The third-order valence-electron chi connectivity index (χ3n) is 10.6. The quantitative estimate of drug-likeness (QED) is 0.177. The molecule has 0 saturated carbocycles. The van der Waals surface area contributed by atoms with Crippen LogP contribution in [0.1, 0.15) is 25.0 Å². The number of benzene rings is 7. The van der Waals surface area contributed by atoms with Crippen molar-refractivity contribution in [3.63, 3.8) is 0 Å². The van der Waals surface area contributed by atoms with Crippen LogP contribution < -0.4 is 9.80 Å². The van der Waals surface area contributed by atoms with Crippen molar-refractivity contribution in [2.75, 3.05) is 9.80 Å². The average Bonchev–Trinajstić information content (AvgIpc) is 3.23. The van der Waals surface area contributed by atoms with Crippen molar-refractivity contribution >= 4 is 45.9 Å². The number of hydrogen-bond donors (Lipinski definition) is 0. The molecule has 2 aliphatic rings. The fraction of sp³-hybridized carbons (Fsp3) is 0.0612. The average molecular weight is 713 g/mol. The molecular weight excluding hydrogens is 677 g/mol. The van der Waals surface area contributed by atoms with E-state index in [9.17, 15) is 0 Å². The molecule has 0 aliphatic carbocycles. The fourth-order valence-corrected chi connectivity index (χ4v) is 9.06. The molecule has 1 aromatic heterocycles. The third-order valence-corrected chi connectivity index (χ3v) is 11.7. The second-order valence-electron chi connectivity index (χ2n) is 14.3. The van der Waals surface area contributed by atoms with Crippen LogP contribution in [0.4, 0.5) is 34.1 Å². The van der Waals surface area contributed by atoms with Gasteiger partial charge in [-0.15, -0.1) is 0 Å². The van der Waals surface area contributed by atoms with Crippen molar-refractivity contribution in [2.24, 2.45) is 0 Å². The van der Waals surface area contributed by atoms with Crippen LogP contribution in [-0.2, 0) is 5.41 Å². The van der Waals surface area contributed by atoms with Crippen molar-refractivity contribution in [1.29, 1.82) is 0 Å². The molecule has 7 aromatic carbocycles. The lowest BCUT2D eigenvalue weighted by molar-refractivity contribution is 0.632. The second kappa shape index (κ2) is 12.9. The predicted octanol–water partition coefficient (Wildman–Crippen LogP) is 13.5. The zero-order chi connectivity index (χ0) is 36.2. The van der Waals surface area contributed by atoms with Gasteiger partial charge >= 0.3 is 0 Å². The maximum absolute atomic E-state index is 5.32. The first kappa shape index (κ1) is 32.2. The summed E-state index contributed by atoms with van der Waals surface area (Å²) in [4.78, 5) is 17.7. The minimum atomic E-state index is -0.173. The minimum absolute atomic E-state index is 0.173. The van der Waals surface area contributed by atoms with Gasteiger partial charge in [0.2, 0.25) is 0 Å². The zero-order valence-electron chi connectivity index (χ0n) is 30.0. The summed E-state index contributed by atoms with van der Waals surface area (Å²) in [5.41, 5.74) is 14.0. The van der Waals surface area contributed by atoms with E-state index in [-0.39, 0.29) is 5.41 Å². The first-order chi connectivity index (χ1) is 26.5. The third kappa shape index (κ3) is 5.39. The molecule has 4 nitrogen and oxygen atoms in total. The second-order valence-corrected chi connectivity index (χ2v) is 15.4. The first-order valence-corrected chi connectivity index (χ1v) is 19.2. The molecule has 10 rings (SSSR count). The highest BCUT2D eigenvalue weighted by Gasteiger charge is 2.37. The van der Waals surface area contributed by atoms with Crippen molar-refractivity contribution in [2.45, 2.75) is 29.1 Å². The molecule has 0 amide bonds. The summed E-state index contributed by atoms with van der Waals surface area (Å²) in [7, 11) is 0. The molecule has 54 heavy (non-hydrogen) atoms. The van der Waals surface area contributed by atoms with Crippen LogP contribution >= 0.6 is 11.8 Å². The number of para-hydroxylation sites is 4. The lowest BCUT2D eigenvalue weighted by Gasteiger charge is -2.42. The van der Waals surface area contributed by atoms with Crippen molar-refractivity contribution < 1.29 is 0 Å². The predicted molar refractivity (Wildman–Crippen MR) is 224 cm³/mol. The molecule has 0 N–H and O–H groups in total. The monoisotopic (exact) mass is 712 g/mol. The zero-order valence-corrected chi connectivity index (χ0v) is 30.8. The lowest BCUT2D eigenvalue weighted by atomic mass is 9.73. The molecule has 0 unspecified atom stereocenters. The van der Waals surface area contributed by atoms with Crippen LogP contribution in [0.2, 0.25) is 0 Å². The highest BCUT2D eigenvalue weighted by molar-refractivity contribution is 7.99.